The molecule has 6 nitrogen and oxygen atoms in total. The van der Waals surface area contributed by atoms with Crippen LogP contribution in [-0.2, 0) is 14.4 Å². The quantitative estimate of drug-likeness (QED) is 0.741. The lowest BCUT2D eigenvalue weighted by Gasteiger charge is -2.18. The highest BCUT2D eigenvalue weighted by Gasteiger charge is 2.66. The Labute approximate surface area is 132 Å². The monoisotopic (exact) mass is 323 g/mol. The Kier molecular flexibility index (Phi) is 4.40. The van der Waals surface area contributed by atoms with E-state index in [1.165, 1.54) is 18.2 Å². The third-order valence-electron chi connectivity index (χ3n) is 4.32. The van der Waals surface area contributed by atoms with E-state index in [0.29, 0.717) is 5.56 Å². The van der Waals surface area contributed by atoms with E-state index in [1.807, 2.05) is 0 Å². The van der Waals surface area contributed by atoms with Crippen LogP contribution in [0.15, 0.2) is 24.3 Å². The molecule has 3 N–H and O–H groups in total. The Morgan fingerprint density at radius 3 is 2.39 bits per heavy atom. The number of benzene rings is 1. The molecule has 7 heteroatoms. The molecule has 1 amide bonds. The van der Waals surface area contributed by atoms with Crippen LogP contribution in [0.3, 0.4) is 0 Å². The van der Waals surface area contributed by atoms with E-state index < -0.39 is 53.4 Å². The molecule has 0 radical (unpaired) electrons. The van der Waals surface area contributed by atoms with Crippen LogP contribution in [0, 0.1) is 23.1 Å². The molecule has 0 heterocycles. The minimum atomic E-state index is -1.15. The summed E-state index contributed by atoms with van der Waals surface area (Å²) in [5.74, 6) is -4.81. The first kappa shape index (κ1) is 16.9. The van der Waals surface area contributed by atoms with Gasteiger partial charge in [-0.1, -0.05) is 26.0 Å². The van der Waals surface area contributed by atoms with Crippen molar-refractivity contribution in [3.63, 3.8) is 0 Å². The van der Waals surface area contributed by atoms with Gasteiger partial charge in [0.2, 0.25) is 5.91 Å². The third-order valence-corrected chi connectivity index (χ3v) is 4.32. The second kappa shape index (κ2) is 5.98. The van der Waals surface area contributed by atoms with Crippen LogP contribution in [-0.4, -0.2) is 28.1 Å². The van der Waals surface area contributed by atoms with Gasteiger partial charge in [-0.3, -0.25) is 14.4 Å². The number of rotatable bonds is 6. The second-order valence-corrected chi connectivity index (χ2v) is 6.33. The summed E-state index contributed by atoms with van der Waals surface area (Å²) >= 11 is 0. The van der Waals surface area contributed by atoms with Gasteiger partial charge in [0.1, 0.15) is 5.82 Å². The summed E-state index contributed by atoms with van der Waals surface area (Å²) in [6.07, 6.45) is -0.417. The highest BCUT2D eigenvalue weighted by molar-refractivity contribution is 5.92. The second-order valence-electron chi connectivity index (χ2n) is 6.33. The predicted molar refractivity (Wildman–Crippen MR) is 77.9 cm³/mol. The average Bonchev–Trinajstić information content (AvgIpc) is 3.00. The lowest BCUT2D eigenvalue weighted by atomic mass is 10.0. The van der Waals surface area contributed by atoms with E-state index in [-0.39, 0.29) is 0 Å². The highest BCUT2D eigenvalue weighted by Crippen LogP contribution is 2.58. The Balaban J connectivity index is 2.17. The van der Waals surface area contributed by atoms with Gasteiger partial charge in [0.25, 0.3) is 0 Å². The van der Waals surface area contributed by atoms with Crippen LogP contribution < -0.4 is 5.32 Å². The van der Waals surface area contributed by atoms with E-state index in [2.05, 4.69) is 5.32 Å². The minimum absolute atomic E-state index is 0.325. The van der Waals surface area contributed by atoms with Crippen molar-refractivity contribution in [2.45, 2.75) is 26.3 Å². The maximum Gasteiger partial charge on any atom is 0.307 e. The Hall–Kier alpha value is -2.44. The molecule has 0 bridgehead atoms. The topological polar surface area (TPSA) is 104 Å². The molecule has 2 rings (SSSR count). The summed E-state index contributed by atoms with van der Waals surface area (Å²) in [7, 11) is 0. The fourth-order valence-electron chi connectivity index (χ4n) is 3.00. The van der Waals surface area contributed by atoms with Gasteiger partial charge in [0.15, 0.2) is 0 Å². The summed E-state index contributed by atoms with van der Waals surface area (Å²) in [6, 6.07) is 4.39. The molecular formula is C16H18FNO5. The first-order chi connectivity index (χ1) is 10.6. The summed E-state index contributed by atoms with van der Waals surface area (Å²) in [5.41, 5.74) is -0.364. The van der Waals surface area contributed by atoms with E-state index in [1.54, 1.807) is 13.8 Å². The van der Waals surface area contributed by atoms with Crippen LogP contribution in [0.4, 0.5) is 4.39 Å². The number of hydrogen-bond donors (Lipinski definition) is 3. The van der Waals surface area contributed by atoms with E-state index >= 15 is 0 Å². The lowest BCUT2D eigenvalue weighted by Crippen LogP contribution is -2.33. The van der Waals surface area contributed by atoms with Crippen molar-refractivity contribution >= 4 is 17.8 Å². The number of carbonyl (C=O) groups excluding carboxylic acids is 1. The number of nitrogens with one attached hydrogen (secondary N) is 1. The molecular weight excluding hydrogens is 305 g/mol. The maximum absolute atomic E-state index is 13.3. The number of halogens is 1. The smallest absolute Gasteiger partial charge is 0.307 e. The number of hydrogen-bond acceptors (Lipinski definition) is 3. The van der Waals surface area contributed by atoms with Gasteiger partial charge in [-0.05, 0) is 23.1 Å². The van der Waals surface area contributed by atoms with Gasteiger partial charge in [-0.15, -0.1) is 0 Å². The Morgan fingerprint density at radius 1 is 1.26 bits per heavy atom. The standard InChI is InChI=1S/C16H18FNO5/c1-16(2)12(13(16)15(22)23)14(21)18-10(7-11(19)20)8-4-3-5-9(17)6-8/h3-6,10,12-13H,7H2,1-2H3,(H,18,21)(H,19,20)(H,22,23)/t10-,12+,13+/m0/s1. The molecule has 0 aromatic heterocycles. The molecule has 1 aliphatic carbocycles. The zero-order chi connectivity index (χ0) is 17.4. The maximum atomic E-state index is 13.3. The van der Waals surface area contributed by atoms with Crippen molar-refractivity contribution in [1.82, 2.24) is 5.32 Å². The van der Waals surface area contributed by atoms with Gasteiger partial charge >= 0.3 is 11.9 Å². The Bertz CT molecular complexity index is 658. The number of amides is 1. The van der Waals surface area contributed by atoms with Crippen LogP contribution in [0.25, 0.3) is 0 Å². The molecule has 3 atom stereocenters. The fourth-order valence-corrected chi connectivity index (χ4v) is 3.00. The molecule has 0 aliphatic heterocycles. The van der Waals surface area contributed by atoms with Crippen LogP contribution in [0.5, 0.6) is 0 Å². The molecule has 0 unspecified atom stereocenters. The Morgan fingerprint density at radius 2 is 1.91 bits per heavy atom. The first-order valence-electron chi connectivity index (χ1n) is 7.15. The zero-order valence-electron chi connectivity index (χ0n) is 12.7. The lowest BCUT2D eigenvalue weighted by molar-refractivity contribution is -0.141. The van der Waals surface area contributed by atoms with Crippen LogP contribution in [0.1, 0.15) is 31.9 Å². The minimum Gasteiger partial charge on any atom is -0.481 e. The van der Waals surface area contributed by atoms with Gasteiger partial charge < -0.3 is 15.5 Å². The summed E-state index contributed by atoms with van der Waals surface area (Å²) < 4.78 is 13.3. The average molecular weight is 323 g/mol. The summed E-state index contributed by atoms with van der Waals surface area (Å²) in [5, 5.41) is 20.6. The SMILES string of the molecule is CC1(C)[C@@H](C(=O)O)[C@@H]1C(=O)N[C@@H](CC(=O)O)c1cccc(F)c1. The van der Waals surface area contributed by atoms with Crippen molar-refractivity contribution in [3.05, 3.63) is 35.6 Å². The third kappa shape index (κ3) is 3.49. The van der Waals surface area contributed by atoms with E-state index in [0.717, 1.165) is 6.07 Å². The number of carboxylic acid groups (broad SMARTS) is 2. The first-order valence-corrected chi connectivity index (χ1v) is 7.15. The molecule has 0 saturated heterocycles. The molecule has 0 spiro atoms. The van der Waals surface area contributed by atoms with Crippen molar-refractivity contribution in [2.24, 2.45) is 17.3 Å². The van der Waals surface area contributed by atoms with E-state index in [4.69, 9.17) is 10.2 Å². The molecule has 1 fully saturated rings. The van der Waals surface area contributed by atoms with Gasteiger partial charge in [-0.25, -0.2) is 4.39 Å². The normalized spacial score (nSPS) is 22.9. The van der Waals surface area contributed by atoms with Crippen molar-refractivity contribution in [2.75, 3.05) is 0 Å². The largest absolute Gasteiger partial charge is 0.481 e. The molecule has 1 aromatic rings. The van der Waals surface area contributed by atoms with Crippen molar-refractivity contribution in [3.8, 4) is 0 Å². The van der Waals surface area contributed by atoms with Crippen molar-refractivity contribution < 1.29 is 29.0 Å². The van der Waals surface area contributed by atoms with E-state index in [9.17, 15) is 18.8 Å². The summed E-state index contributed by atoms with van der Waals surface area (Å²) in [4.78, 5) is 34.5. The molecule has 1 aliphatic rings. The van der Waals surface area contributed by atoms with Crippen LogP contribution >= 0.6 is 0 Å². The zero-order valence-corrected chi connectivity index (χ0v) is 12.7. The summed E-state index contributed by atoms with van der Waals surface area (Å²) in [6.45, 7) is 3.34. The van der Waals surface area contributed by atoms with Crippen LogP contribution in [0.2, 0.25) is 0 Å². The number of carbonyl (C=O) groups is 3. The number of carboxylic acids is 2. The van der Waals surface area contributed by atoms with Gasteiger partial charge in [-0.2, -0.15) is 0 Å². The fraction of sp³-hybridized carbons (Fsp3) is 0.438. The van der Waals surface area contributed by atoms with Gasteiger partial charge in [0.05, 0.1) is 24.3 Å². The number of aliphatic carboxylic acids is 2. The molecule has 23 heavy (non-hydrogen) atoms. The molecule has 1 saturated carbocycles. The highest BCUT2D eigenvalue weighted by atomic mass is 19.1. The van der Waals surface area contributed by atoms with Crippen molar-refractivity contribution in [1.29, 1.82) is 0 Å². The molecule has 1 aromatic carbocycles. The van der Waals surface area contributed by atoms with Gasteiger partial charge in [0, 0.05) is 0 Å². The molecule has 124 valence electrons. The predicted octanol–water partition coefficient (Wildman–Crippen LogP) is 1.81.